The summed E-state index contributed by atoms with van der Waals surface area (Å²) in [7, 11) is 1.96. The van der Waals surface area contributed by atoms with Gasteiger partial charge in [0.1, 0.15) is 13.2 Å². The first-order chi connectivity index (χ1) is 7.22. The minimum atomic E-state index is 0.487. The standard InChI is InChI=1S/C11H16N2O2/c1-8-5-10-11(15-4-3-14-10)6-9(8)13(2)7-12/h5-6H,3-4,7,12H2,1-2H3. The molecule has 1 aromatic rings. The van der Waals surface area contributed by atoms with E-state index >= 15 is 0 Å². The molecule has 82 valence electrons. The molecule has 0 radical (unpaired) electrons. The number of anilines is 1. The summed E-state index contributed by atoms with van der Waals surface area (Å²) in [6, 6.07) is 3.98. The predicted octanol–water partition coefficient (Wildman–Crippen LogP) is 1.12. The van der Waals surface area contributed by atoms with Gasteiger partial charge in [0.05, 0.1) is 6.67 Å². The number of ether oxygens (including phenoxy) is 2. The predicted molar refractivity (Wildman–Crippen MR) is 59.6 cm³/mol. The molecular formula is C11H16N2O2. The molecule has 2 rings (SSSR count). The summed E-state index contributed by atoms with van der Waals surface area (Å²) in [4.78, 5) is 1.98. The number of fused-ring (bicyclic) bond motifs is 1. The molecule has 0 aromatic heterocycles. The summed E-state index contributed by atoms with van der Waals surface area (Å²) in [5.74, 6) is 1.63. The van der Waals surface area contributed by atoms with Crippen molar-refractivity contribution in [2.75, 3.05) is 31.8 Å². The van der Waals surface area contributed by atoms with Gasteiger partial charge in [-0.2, -0.15) is 0 Å². The molecule has 0 amide bonds. The Balaban J connectivity index is 2.40. The number of aryl methyl sites for hydroxylation is 1. The summed E-state index contributed by atoms with van der Waals surface area (Å²) >= 11 is 0. The van der Waals surface area contributed by atoms with Gasteiger partial charge in [-0.15, -0.1) is 0 Å². The van der Waals surface area contributed by atoms with Crippen LogP contribution in [-0.2, 0) is 0 Å². The van der Waals surface area contributed by atoms with E-state index in [1.807, 2.05) is 31.0 Å². The van der Waals surface area contributed by atoms with Crippen LogP contribution in [0.15, 0.2) is 12.1 Å². The first-order valence-electron chi connectivity index (χ1n) is 5.04. The van der Waals surface area contributed by atoms with Gasteiger partial charge in [-0.05, 0) is 18.6 Å². The van der Waals surface area contributed by atoms with Crippen molar-refractivity contribution in [1.29, 1.82) is 0 Å². The van der Waals surface area contributed by atoms with E-state index in [9.17, 15) is 0 Å². The van der Waals surface area contributed by atoms with E-state index in [0.29, 0.717) is 19.9 Å². The molecule has 0 unspecified atom stereocenters. The lowest BCUT2D eigenvalue weighted by Crippen LogP contribution is -2.26. The third kappa shape index (κ3) is 1.85. The van der Waals surface area contributed by atoms with Crippen LogP contribution < -0.4 is 20.1 Å². The van der Waals surface area contributed by atoms with Crippen LogP contribution in [0.2, 0.25) is 0 Å². The summed E-state index contributed by atoms with van der Waals surface area (Å²) < 4.78 is 11.0. The maximum Gasteiger partial charge on any atom is 0.163 e. The van der Waals surface area contributed by atoms with E-state index in [1.54, 1.807) is 0 Å². The van der Waals surface area contributed by atoms with Gasteiger partial charge in [0, 0.05) is 18.8 Å². The Hall–Kier alpha value is -1.42. The number of nitrogens with two attached hydrogens (primary N) is 1. The molecular weight excluding hydrogens is 192 g/mol. The second kappa shape index (κ2) is 3.98. The smallest absolute Gasteiger partial charge is 0.163 e. The topological polar surface area (TPSA) is 47.7 Å². The molecule has 0 bridgehead atoms. The van der Waals surface area contributed by atoms with Crippen molar-refractivity contribution < 1.29 is 9.47 Å². The van der Waals surface area contributed by atoms with Gasteiger partial charge in [0.15, 0.2) is 11.5 Å². The van der Waals surface area contributed by atoms with Crippen molar-refractivity contribution in [3.8, 4) is 11.5 Å². The summed E-state index contributed by atoms with van der Waals surface area (Å²) in [6.07, 6.45) is 0. The zero-order chi connectivity index (χ0) is 10.8. The van der Waals surface area contributed by atoms with E-state index in [0.717, 1.165) is 22.7 Å². The van der Waals surface area contributed by atoms with Crippen LogP contribution in [0, 0.1) is 6.92 Å². The molecule has 0 spiro atoms. The van der Waals surface area contributed by atoms with Gasteiger partial charge in [0.2, 0.25) is 0 Å². The highest BCUT2D eigenvalue weighted by atomic mass is 16.6. The highest BCUT2D eigenvalue weighted by molar-refractivity contribution is 5.61. The van der Waals surface area contributed by atoms with E-state index in [4.69, 9.17) is 15.2 Å². The van der Waals surface area contributed by atoms with Crippen LogP contribution in [0.1, 0.15) is 5.56 Å². The fourth-order valence-electron chi connectivity index (χ4n) is 1.69. The molecule has 4 heteroatoms. The Kier molecular flexibility index (Phi) is 2.68. The second-order valence-corrected chi connectivity index (χ2v) is 3.66. The number of hydrogen-bond donors (Lipinski definition) is 1. The van der Waals surface area contributed by atoms with Crippen molar-refractivity contribution in [3.05, 3.63) is 17.7 Å². The van der Waals surface area contributed by atoms with Gasteiger partial charge >= 0.3 is 0 Å². The molecule has 2 N–H and O–H groups in total. The monoisotopic (exact) mass is 208 g/mol. The zero-order valence-corrected chi connectivity index (χ0v) is 9.12. The Morgan fingerprint density at radius 2 is 1.87 bits per heavy atom. The van der Waals surface area contributed by atoms with Gasteiger partial charge in [-0.3, -0.25) is 0 Å². The molecule has 1 aromatic carbocycles. The van der Waals surface area contributed by atoms with Crippen LogP contribution in [0.5, 0.6) is 11.5 Å². The van der Waals surface area contributed by atoms with E-state index in [1.165, 1.54) is 0 Å². The van der Waals surface area contributed by atoms with Crippen molar-refractivity contribution in [2.45, 2.75) is 6.92 Å². The lowest BCUT2D eigenvalue weighted by molar-refractivity contribution is 0.171. The average molecular weight is 208 g/mol. The highest BCUT2D eigenvalue weighted by Gasteiger charge is 2.15. The van der Waals surface area contributed by atoms with Gasteiger partial charge in [-0.1, -0.05) is 0 Å². The lowest BCUT2D eigenvalue weighted by atomic mass is 10.1. The molecule has 0 fully saturated rings. The quantitative estimate of drug-likeness (QED) is 0.740. The molecule has 0 aliphatic carbocycles. The number of hydrogen-bond acceptors (Lipinski definition) is 4. The molecule has 1 heterocycles. The second-order valence-electron chi connectivity index (χ2n) is 3.66. The first kappa shape index (κ1) is 10.1. The molecule has 4 nitrogen and oxygen atoms in total. The fourth-order valence-corrected chi connectivity index (χ4v) is 1.69. The summed E-state index contributed by atoms with van der Waals surface area (Å²) in [5, 5.41) is 0. The average Bonchev–Trinajstić information content (AvgIpc) is 2.27. The Morgan fingerprint density at radius 1 is 1.27 bits per heavy atom. The summed E-state index contributed by atoms with van der Waals surface area (Å²) in [5.41, 5.74) is 7.83. The van der Waals surface area contributed by atoms with Crippen molar-refractivity contribution in [1.82, 2.24) is 0 Å². The third-order valence-corrected chi connectivity index (χ3v) is 2.55. The summed E-state index contributed by atoms with van der Waals surface area (Å²) in [6.45, 7) is 3.76. The van der Waals surface area contributed by atoms with Gasteiger partial charge in [0.25, 0.3) is 0 Å². The van der Waals surface area contributed by atoms with Crippen LogP contribution in [0.3, 0.4) is 0 Å². The maximum atomic E-state index is 5.60. The van der Waals surface area contributed by atoms with E-state index in [2.05, 4.69) is 0 Å². The van der Waals surface area contributed by atoms with E-state index < -0.39 is 0 Å². The first-order valence-corrected chi connectivity index (χ1v) is 5.04. The number of benzene rings is 1. The molecule has 0 atom stereocenters. The van der Waals surface area contributed by atoms with Crippen LogP contribution in [0.25, 0.3) is 0 Å². The van der Waals surface area contributed by atoms with E-state index in [-0.39, 0.29) is 0 Å². The lowest BCUT2D eigenvalue weighted by Gasteiger charge is -2.24. The minimum Gasteiger partial charge on any atom is -0.486 e. The Bertz CT molecular complexity index is 366. The molecule has 0 saturated heterocycles. The number of rotatable bonds is 2. The van der Waals surface area contributed by atoms with Crippen LogP contribution >= 0.6 is 0 Å². The molecule has 1 aliphatic heterocycles. The Labute approximate surface area is 89.6 Å². The largest absolute Gasteiger partial charge is 0.486 e. The maximum absolute atomic E-state index is 5.60. The fraction of sp³-hybridized carbons (Fsp3) is 0.455. The van der Waals surface area contributed by atoms with Crippen molar-refractivity contribution in [2.24, 2.45) is 5.73 Å². The van der Waals surface area contributed by atoms with Crippen LogP contribution in [-0.4, -0.2) is 26.9 Å². The third-order valence-electron chi connectivity index (χ3n) is 2.55. The molecule has 0 saturated carbocycles. The molecule has 1 aliphatic rings. The SMILES string of the molecule is Cc1cc2c(cc1N(C)CN)OCCO2. The van der Waals surface area contributed by atoms with Crippen molar-refractivity contribution >= 4 is 5.69 Å². The zero-order valence-electron chi connectivity index (χ0n) is 9.12. The van der Waals surface area contributed by atoms with Crippen molar-refractivity contribution in [3.63, 3.8) is 0 Å². The van der Waals surface area contributed by atoms with Gasteiger partial charge in [-0.25, -0.2) is 0 Å². The van der Waals surface area contributed by atoms with Gasteiger partial charge < -0.3 is 20.1 Å². The highest BCUT2D eigenvalue weighted by Crippen LogP contribution is 2.36. The molecule has 15 heavy (non-hydrogen) atoms. The normalized spacial score (nSPS) is 13.8. The number of nitrogens with zero attached hydrogens (tertiary/aromatic N) is 1. The minimum absolute atomic E-state index is 0.487. The Morgan fingerprint density at radius 3 is 2.47 bits per heavy atom. The van der Waals surface area contributed by atoms with Crippen LogP contribution in [0.4, 0.5) is 5.69 Å².